The van der Waals surface area contributed by atoms with Gasteiger partial charge in [0.2, 0.25) is 5.91 Å². The molecule has 0 fully saturated rings. The number of carboxylic acid groups (broad SMARTS) is 1. The fourth-order valence-electron chi connectivity index (χ4n) is 1.33. The van der Waals surface area contributed by atoms with Crippen molar-refractivity contribution < 1.29 is 19.5 Å². The Hall–Kier alpha value is -2.08. The van der Waals surface area contributed by atoms with Gasteiger partial charge in [-0.15, -0.1) is 0 Å². The molecule has 7 heteroatoms. The molecule has 1 rings (SSSR count). The fourth-order valence-corrected chi connectivity index (χ4v) is 1.45. The van der Waals surface area contributed by atoms with Crippen molar-refractivity contribution in [2.24, 2.45) is 5.73 Å². The highest BCUT2D eigenvalue weighted by atomic mass is 35.5. The molecule has 96 valence electrons. The van der Waals surface area contributed by atoms with E-state index in [1.165, 1.54) is 24.3 Å². The monoisotopic (exact) mass is 270 g/mol. The summed E-state index contributed by atoms with van der Waals surface area (Å²) in [6.45, 7) is -1.04. The lowest BCUT2D eigenvalue weighted by molar-refractivity contribution is -0.138. The number of carbonyl (C=O) groups is 3. The van der Waals surface area contributed by atoms with Crippen molar-refractivity contribution in [1.82, 2.24) is 4.90 Å². The zero-order chi connectivity index (χ0) is 13.7. The van der Waals surface area contributed by atoms with E-state index in [1.54, 1.807) is 0 Å². The van der Waals surface area contributed by atoms with Crippen molar-refractivity contribution in [3.8, 4) is 0 Å². The normalized spacial score (nSPS) is 9.83. The number of rotatable bonds is 5. The maximum Gasteiger partial charge on any atom is 0.323 e. The van der Waals surface area contributed by atoms with Gasteiger partial charge in [-0.1, -0.05) is 11.6 Å². The van der Waals surface area contributed by atoms with E-state index < -0.39 is 30.9 Å². The highest BCUT2D eigenvalue weighted by Gasteiger charge is 2.20. The first-order valence-corrected chi connectivity index (χ1v) is 5.33. The Labute approximate surface area is 108 Å². The second-order valence-electron chi connectivity index (χ2n) is 3.53. The number of benzene rings is 1. The summed E-state index contributed by atoms with van der Waals surface area (Å²) in [6, 6.07) is 5.89. The SMILES string of the molecule is NC(=O)CN(CC(=O)O)C(=O)c1ccc(Cl)cc1. The number of hydrogen-bond donors (Lipinski definition) is 2. The number of primary amides is 1. The molecule has 0 aromatic heterocycles. The third kappa shape index (κ3) is 4.06. The molecule has 0 aliphatic heterocycles. The van der Waals surface area contributed by atoms with Gasteiger partial charge < -0.3 is 15.7 Å². The molecule has 0 unspecified atom stereocenters. The smallest absolute Gasteiger partial charge is 0.323 e. The van der Waals surface area contributed by atoms with E-state index in [-0.39, 0.29) is 5.56 Å². The van der Waals surface area contributed by atoms with Gasteiger partial charge in [-0.2, -0.15) is 0 Å². The summed E-state index contributed by atoms with van der Waals surface area (Å²) in [5.41, 5.74) is 5.20. The molecule has 0 radical (unpaired) electrons. The third-order valence-electron chi connectivity index (χ3n) is 2.05. The molecule has 0 aliphatic carbocycles. The summed E-state index contributed by atoms with van der Waals surface area (Å²) in [5.74, 6) is -2.59. The minimum Gasteiger partial charge on any atom is -0.480 e. The van der Waals surface area contributed by atoms with Crippen molar-refractivity contribution in [3.05, 3.63) is 34.9 Å². The average Bonchev–Trinajstić information content (AvgIpc) is 2.27. The minimum atomic E-state index is -1.22. The molecule has 0 heterocycles. The third-order valence-corrected chi connectivity index (χ3v) is 2.30. The maximum absolute atomic E-state index is 11.9. The number of halogens is 1. The number of amides is 2. The summed E-state index contributed by atoms with van der Waals surface area (Å²) in [7, 11) is 0. The number of hydrogen-bond acceptors (Lipinski definition) is 3. The summed E-state index contributed by atoms with van der Waals surface area (Å²) >= 11 is 5.67. The fraction of sp³-hybridized carbons (Fsp3) is 0.182. The van der Waals surface area contributed by atoms with E-state index >= 15 is 0 Å². The van der Waals surface area contributed by atoms with Gasteiger partial charge in [0.15, 0.2) is 0 Å². The Morgan fingerprint density at radius 2 is 1.72 bits per heavy atom. The lowest BCUT2D eigenvalue weighted by Crippen LogP contribution is -2.41. The molecule has 0 saturated carbocycles. The topological polar surface area (TPSA) is 101 Å². The zero-order valence-corrected chi connectivity index (χ0v) is 10.1. The zero-order valence-electron chi connectivity index (χ0n) is 9.30. The Kier molecular flexibility index (Phi) is 4.67. The Morgan fingerprint density at radius 1 is 1.17 bits per heavy atom. The lowest BCUT2D eigenvalue weighted by atomic mass is 10.2. The molecule has 0 atom stereocenters. The average molecular weight is 271 g/mol. The van der Waals surface area contributed by atoms with Crippen LogP contribution in [0.1, 0.15) is 10.4 Å². The molecule has 1 aromatic rings. The number of carbonyl (C=O) groups excluding carboxylic acids is 2. The number of nitrogens with two attached hydrogens (primary N) is 1. The predicted molar refractivity (Wildman–Crippen MR) is 64.2 cm³/mol. The Morgan fingerprint density at radius 3 is 2.17 bits per heavy atom. The van der Waals surface area contributed by atoms with Crippen LogP contribution >= 0.6 is 11.6 Å². The van der Waals surface area contributed by atoms with Gasteiger partial charge in [0.25, 0.3) is 5.91 Å². The molecule has 2 amide bonds. The standard InChI is InChI=1S/C11H11ClN2O4/c12-8-3-1-7(2-4-8)11(18)14(5-9(13)15)6-10(16)17/h1-4H,5-6H2,(H2,13,15)(H,16,17). The molecule has 6 nitrogen and oxygen atoms in total. The van der Waals surface area contributed by atoms with Crippen LogP contribution in [0.15, 0.2) is 24.3 Å². The summed E-state index contributed by atoms with van der Waals surface area (Å²) in [4.78, 5) is 34.2. The van der Waals surface area contributed by atoms with Crippen LogP contribution in [0, 0.1) is 0 Å². The van der Waals surface area contributed by atoms with Crippen molar-refractivity contribution >= 4 is 29.4 Å². The van der Waals surface area contributed by atoms with Crippen LogP contribution in [0.3, 0.4) is 0 Å². The van der Waals surface area contributed by atoms with E-state index in [0.29, 0.717) is 5.02 Å². The Bertz CT molecular complexity index is 456. The van der Waals surface area contributed by atoms with Crippen molar-refractivity contribution in [3.63, 3.8) is 0 Å². The molecule has 3 N–H and O–H groups in total. The van der Waals surface area contributed by atoms with Crippen molar-refractivity contribution in [1.29, 1.82) is 0 Å². The number of nitrogens with zero attached hydrogens (tertiary/aromatic N) is 1. The van der Waals surface area contributed by atoms with Gasteiger partial charge in [0, 0.05) is 10.6 Å². The first kappa shape index (κ1) is 14.0. The van der Waals surface area contributed by atoms with Crippen LogP contribution in [-0.2, 0) is 9.59 Å². The van der Waals surface area contributed by atoms with Crippen LogP contribution in [0.5, 0.6) is 0 Å². The second kappa shape index (κ2) is 6.02. The van der Waals surface area contributed by atoms with Gasteiger partial charge in [-0.25, -0.2) is 0 Å². The van der Waals surface area contributed by atoms with Crippen LogP contribution < -0.4 is 5.73 Å². The van der Waals surface area contributed by atoms with E-state index in [1.807, 2.05) is 0 Å². The van der Waals surface area contributed by atoms with Gasteiger partial charge >= 0.3 is 5.97 Å². The summed E-state index contributed by atoms with van der Waals surface area (Å²) < 4.78 is 0. The first-order valence-electron chi connectivity index (χ1n) is 4.95. The number of aliphatic carboxylic acids is 1. The van der Waals surface area contributed by atoms with Crippen LogP contribution in [-0.4, -0.2) is 40.9 Å². The van der Waals surface area contributed by atoms with Crippen molar-refractivity contribution in [2.75, 3.05) is 13.1 Å². The molecular weight excluding hydrogens is 260 g/mol. The largest absolute Gasteiger partial charge is 0.480 e. The second-order valence-corrected chi connectivity index (χ2v) is 3.96. The van der Waals surface area contributed by atoms with Crippen LogP contribution in [0.25, 0.3) is 0 Å². The molecule has 18 heavy (non-hydrogen) atoms. The molecule has 0 spiro atoms. The highest BCUT2D eigenvalue weighted by molar-refractivity contribution is 6.30. The molecule has 0 saturated heterocycles. The van der Waals surface area contributed by atoms with E-state index in [0.717, 1.165) is 4.90 Å². The van der Waals surface area contributed by atoms with Crippen molar-refractivity contribution in [2.45, 2.75) is 0 Å². The molecular formula is C11H11ClN2O4. The lowest BCUT2D eigenvalue weighted by Gasteiger charge is -2.18. The number of carboxylic acids is 1. The summed E-state index contributed by atoms with van der Waals surface area (Å²) in [6.07, 6.45) is 0. The minimum absolute atomic E-state index is 0.238. The summed E-state index contributed by atoms with van der Waals surface area (Å²) in [5, 5.41) is 9.12. The van der Waals surface area contributed by atoms with E-state index in [4.69, 9.17) is 22.4 Å². The quantitative estimate of drug-likeness (QED) is 0.806. The van der Waals surface area contributed by atoms with Gasteiger partial charge in [0.1, 0.15) is 13.1 Å². The van der Waals surface area contributed by atoms with E-state index in [2.05, 4.69) is 0 Å². The molecule has 0 bridgehead atoms. The maximum atomic E-state index is 11.9. The molecule has 0 aliphatic rings. The Balaban J connectivity index is 2.90. The van der Waals surface area contributed by atoms with Gasteiger partial charge in [-0.3, -0.25) is 14.4 Å². The van der Waals surface area contributed by atoms with Crippen LogP contribution in [0.4, 0.5) is 0 Å². The molecule has 1 aromatic carbocycles. The van der Waals surface area contributed by atoms with Gasteiger partial charge in [-0.05, 0) is 24.3 Å². The predicted octanol–water partition coefficient (Wildman–Crippen LogP) is 0.352. The highest BCUT2D eigenvalue weighted by Crippen LogP contribution is 2.11. The van der Waals surface area contributed by atoms with Gasteiger partial charge in [0.05, 0.1) is 0 Å². The van der Waals surface area contributed by atoms with E-state index in [9.17, 15) is 14.4 Å². The van der Waals surface area contributed by atoms with Crippen LogP contribution in [0.2, 0.25) is 5.02 Å². The first-order chi connectivity index (χ1) is 8.40.